The van der Waals surface area contributed by atoms with Crippen molar-refractivity contribution in [2.24, 2.45) is 0 Å². The zero-order valence-electron chi connectivity index (χ0n) is 16.3. The molecule has 0 saturated heterocycles. The molecule has 0 spiro atoms. The lowest BCUT2D eigenvalue weighted by Gasteiger charge is -2.30. The third-order valence-electron chi connectivity index (χ3n) is 5.36. The SMILES string of the molecule is O=C(Nc1ccc2c(c1)CCCN2C(=O)c1ccccc1)c1ccc2c(c1)OCO2. The number of hydrogen-bond donors (Lipinski definition) is 1. The largest absolute Gasteiger partial charge is 0.454 e. The van der Waals surface area contributed by atoms with Gasteiger partial charge in [-0.2, -0.15) is 0 Å². The number of nitrogens with zero attached hydrogens (tertiary/aromatic N) is 1. The van der Waals surface area contributed by atoms with Crippen LogP contribution in [0.15, 0.2) is 66.7 Å². The van der Waals surface area contributed by atoms with Crippen LogP contribution < -0.4 is 19.7 Å². The van der Waals surface area contributed by atoms with Crippen molar-refractivity contribution in [2.75, 3.05) is 23.6 Å². The molecule has 0 atom stereocenters. The maximum absolute atomic E-state index is 12.9. The number of benzene rings is 3. The molecule has 0 unspecified atom stereocenters. The van der Waals surface area contributed by atoms with Gasteiger partial charge >= 0.3 is 0 Å². The predicted molar refractivity (Wildman–Crippen MR) is 113 cm³/mol. The van der Waals surface area contributed by atoms with Gasteiger partial charge in [-0.25, -0.2) is 0 Å². The second-order valence-electron chi connectivity index (χ2n) is 7.29. The average Bonchev–Trinajstić information content (AvgIpc) is 3.26. The van der Waals surface area contributed by atoms with Crippen LogP contribution in [0.1, 0.15) is 32.7 Å². The minimum Gasteiger partial charge on any atom is -0.454 e. The van der Waals surface area contributed by atoms with E-state index in [0.29, 0.717) is 34.9 Å². The number of nitrogens with one attached hydrogen (secondary N) is 1. The van der Waals surface area contributed by atoms with Crippen LogP contribution in [0.3, 0.4) is 0 Å². The Hall–Kier alpha value is -3.80. The molecule has 6 heteroatoms. The molecular formula is C24H20N2O4. The van der Waals surface area contributed by atoms with Crippen LogP contribution in [0.5, 0.6) is 11.5 Å². The van der Waals surface area contributed by atoms with Crippen molar-refractivity contribution in [2.45, 2.75) is 12.8 Å². The topological polar surface area (TPSA) is 67.9 Å². The number of hydrogen-bond acceptors (Lipinski definition) is 4. The maximum atomic E-state index is 12.9. The lowest BCUT2D eigenvalue weighted by Crippen LogP contribution is -2.35. The van der Waals surface area contributed by atoms with Crippen LogP contribution in [0, 0.1) is 0 Å². The van der Waals surface area contributed by atoms with Crippen molar-refractivity contribution in [1.82, 2.24) is 0 Å². The van der Waals surface area contributed by atoms with Crippen LogP contribution in [0.2, 0.25) is 0 Å². The Morgan fingerprint density at radius 1 is 0.867 bits per heavy atom. The van der Waals surface area contributed by atoms with Crippen molar-refractivity contribution < 1.29 is 19.1 Å². The summed E-state index contributed by atoms with van der Waals surface area (Å²) < 4.78 is 10.6. The van der Waals surface area contributed by atoms with E-state index in [0.717, 1.165) is 24.1 Å². The second-order valence-corrected chi connectivity index (χ2v) is 7.29. The molecule has 6 nitrogen and oxygen atoms in total. The molecular weight excluding hydrogens is 380 g/mol. The highest BCUT2D eigenvalue weighted by Gasteiger charge is 2.24. The first-order valence-corrected chi connectivity index (χ1v) is 9.90. The standard InChI is InChI=1S/C24H20N2O4/c27-23(18-8-11-21-22(14-18)30-15-29-21)25-19-9-10-20-17(13-19)7-4-12-26(20)24(28)16-5-2-1-3-6-16/h1-3,5-6,8-11,13-14H,4,7,12,15H2,(H,25,27). The summed E-state index contributed by atoms with van der Waals surface area (Å²) in [4.78, 5) is 27.4. The highest BCUT2D eigenvalue weighted by Crippen LogP contribution is 2.33. The number of rotatable bonds is 3. The molecule has 2 heterocycles. The molecule has 0 fully saturated rings. The van der Waals surface area contributed by atoms with E-state index < -0.39 is 0 Å². The Bertz CT molecular complexity index is 1130. The zero-order valence-corrected chi connectivity index (χ0v) is 16.3. The molecule has 30 heavy (non-hydrogen) atoms. The molecule has 2 aliphatic rings. The van der Waals surface area contributed by atoms with Crippen molar-refractivity contribution in [3.8, 4) is 11.5 Å². The predicted octanol–water partition coefficient (Wildman–Crippen LogP) is 4.26. The summed E-state index contributed by atoms with van der Waals surface area (Å²) in [7, 11) is 0. The van der Waals surface area contributed by atoms with E-state index in [1.807, 2.05) is 53.4 Å². The number of fused-ring (bicyclic) bond motifs is 2. The minimum absolute atomic E-state index is 0.00584. The molecule has 2 amide bonds. The summed E-state index contributed by atoms with van der Waals surface area (Å²) in [5, 5.41) is 2.94. The summed E-state index contributed by atoms with van der Waals surface area (Å²) in [6.45, 7) is 0.854. The van der Waals surface area contributed by atoms with E-state index in [2.05, 4.69) is 5.32 Å². The Morgan fingerprint density at radius 3 is 2.57 bits per heavy atom. The maximum Gasteiger partial charge on any atom is 0.258 e. The number of carbonyl (C=O) groups excluding carboxylic acids is 2. The van der Waals surface area contributed by atoms with E-state index >= 15 is 0 Å². The Labute approximate surface area is 174 Å². The van der Waals surface area contributed by atoms with Gasteiger partial charge in [0.2, 0.25) is 6.79 Å². The summed E-state index contributed by atoms with van der Waals surface area (Å²) in [6.07, 6.45) is 1.74. The molecule has 0 saturated carbocycles. The van der Waals surface area contributed by atoms with E-state index in [-0.39, 0.29) is 18.6 Å². The smallest absolute Gasteiger partial charge is 0.258 e. The van der Waals surface area contributed by atoms with E-state index in [4.69, 9.17) is 9.47 Å². The molecule has 1 N–H and O–H groups in total. The van der Waals surface area contributed by atoms with Crippen LogP contribution >= 0.6 is 0 Å². The Balaban J connectivity index is 1.36. The number of anilines is 2. The van der Waals surface area contributed by atoms with Crippen LogP contribution in [0.25, 0.3) is 0 Å². The zero-order chi connectivity index (χ0) is 20.5. The summed E-state index contributed by atoms with van der Waals surface area (Å²) in [6, 6.07) is 20.1. The normalized spacial score (nSPS) is 14.2. The number of carbonyl (C=O) groups is 2. The van der Waals surface area contributed by atoms with Crippen molar-refractivity contribution in [1.29, 1.82) is 0 Å². The van der Waals surface area contributed by atoms with Gasteiger partial charge in [0.05, 0.1) is 0 Å². The van der Waals surface area contributed by atoms with Gasteiger partial charge in [0.1, 0.15) is 0 Å². The van der Waals surface area contributed by atoms with Gasteiger partial charge in [-0.15, -0.1) is 0 Å². The molecule has 0 bridgehead atoms. The van der Waals surface area contributed by atoms with Gasteiger partial charge < -0.3 is 19.7 Å². The fourth-order valence-corrected chi connectivity index (χ4v) is 3.86. The molecule has 3 aromatic rings. The summed E-state index contributed by atoms with van der Waals surface area (Å²) >= 11 is 0. The Morgan fingerprint density at radius 2 is 1.70 bits per heavy atom. The third-order valence-corrected chi connectivity index (χ3v) is 5.36. The van der Waals surface area contributed by atoms with Crippen molar-refractivity contribution in [3.05, 3.63) is 83.4 Å². The third kappa shape index (κ3) is 3.37. The van der Waals surface area contributed by atoms with Crippen LogP contribution in [-0.4, -0.2) is 25.2 Å². The molecule has 0 radical (unpaired) electrons. The summed E-state index contributed by atoms with van der Waals surface area (Å²) in [5.41, 5.74) is 3.82. The molecule has 3 aromatic carbocycles. The highest BCUT2D eigenvalue weighted by molar-refractivity contribution is 6.07. The van der Waals surface area contributed by atoms with Crippen molar-refractivity contribution in [3.63, 3.8) is 0 Å². The molecule has 5 rings (SSSR count). The van der Waals surface area contributed by atoms with Gasteiger partial charge in [-0.05, 0) is 66.9 Å². The first kappa shape index (κ1) is 18.2. The fraction of sp³-hybridized carbons (Fsp3) is 0.167. The average molecular weight is 400 g/mol. The van der Waals surface area contributed by atoms with Crippen LogP contribution in [0.4, 0.5) is 11.4 Å². The fourth-order valence-electron chi connectivity index (χ4n) is 3.86. The van der Waals surface area contributed by atoms with Crippen molar-refractivity contribution >= 4 is 23.2 Å². The van der Waals surface area contributed by atoms with Gasteiger partial charge in [-0.3, -0.25) is 9.59 Å². The van der Waals surface area contributed by atoms with E-state index in [9.17, 15) is 9.59 Å². The summed E-state index contributed by atoms with van der Waals surface area (Å²) in [5.74, 6) is 0.988. The lowest BCUT2D eigenvalue weighted by atomic mass is 10.00. The first-order valence-electron chi connectivity index (χ1n) is 9.90. The van der Waals surface area contributed by atoms with Crippen LogP contribution in [-0.2, 0) is 6.42 Å². The van der Waals surface area contributed by atoms with Gasteiger partial charge in [0, 0.05) is 29.0 Å². The highest BCUT2D eigenvalue weighted by atomic mass is 16.7. The quantitative estimate of drug-likeness (QED) is 0.713. The van der Waals surface area contributed by atoms with Gasteiger partial charge in [-0.1, -0.05) is 18.2 Å². The number of ether oxygens (including phenoxy) is 2. The molecule has 0 aliphatic carbocycles. The lowest BCUT2D eigenvalue weighted by molar-refractivity contribution is 0.0983. The monoisotopic (exact) mass is 400 g/mol. The molecule has 0 aromatic heterocycles. The van der Waals surface area contributed by atoms with E-state index in [1.165, 1.54) is 0 Å². The van der Waals surface area contributed by atoms with E-state index in [1.54, 1.807) is 18.2 Å². The molecule has 150 valence electrons. The number of aryl methyl sites for hydroxylation is 1. The number of amides is 2. The minimum atomic E-state index is -0.221. The molecule has 2 aliphatic heterocycles. The van der Waals surface area contributed by atoms with Gasteiger partial charge in [0.25, 0.3) is 11.8 Å². The Kier molecular flexibility index (Phi) is 4.59. The first-order chi connectivity index (χ1) is 14.7. The second kappa shape index (κ2) is 7.55. The van der Waals surface area contributed by atoms with Gasteiger partial charge in [0.15, 0.2) is 11.5 Å².